The van der Waals surface area contributed by atoms with Crippen LogP contribution in [0.15, 0.2) is 28.7 Å². The molecule has 0 aliphatic heterocycles. The van der Waals surface area contributed by atoms with Crippen LogP contribution in [0.5, 0.6) is 0 Å². The minimum atomic E-state index is 0.000556. The lowest BCUT2D eigenvalue weighted by molar-refractivity contribution is -0.121. The van der Waals surface area contributed by atoms with Crippen molar-refractivity contribution >= 4 is 33.6 Å². The van der Waals surface area contributed by atoms with Gasteiger partial charge < -0.3 is 10.4 Å². The van der Waals surface area contributed by atoms with E-state index >= 15 is 0 Å². The lowest BCUT2D eigenvalue weighted by Gasteiger charge is -2.16. The molecule has 0 aliphatic rings. The average Bonchev–Trinajstić information content (AvgIpc) is 2.29. The first-order valence-corrected chi connectivity index (χ1v) is 7.98. The van der Waals surface area contributed by atoms with Gasteiger partial charge in [-0.3, -0.25) is 4.79 Å². The minimum Gasteiger partial charge on any atom is -0.396 e. The number of hydrogen-bond donors (Lipinski definition) is 2. The Morgan fingerprint density at radius 1 is 1.56 bits per heavy atom. The molecule has 0 aliphatic carbocycles. The van der Waals surface area contributed by atoms with E-state index in [4.69, 9.17) is 5.11 Å². The van der Waals surface area contributed by atoms with Crippen LogP contribution in [-0.2, 0) is 11.2 Å². The second-order valence-corrected chi connectivity index (χ2v) is 5.87. The highest BCUT2D eigenvalue weighted by molar-refractivity contribution is 9.10. The van der Waals surface area contributed by atoms with Gasteiger partial charge in [-0.2, -0.15) is 11.8 Å². The summed E-state index contributed by atoms with van der Waals surface area (Å²) >= 11 is 5.05. The number of aliphatic hydroxyl groups is 1. The summed E-state index contributed by atoms with van der Waals surface area (Å²) in [6, 6.07) is 7.77. The fourth-order valence-corrected chi connectivity index (χ4v) is 2.76. The van der Waals surface area contributed by atoms with E-state index in [0.29, 0.717) is 12.8 Å². The molecule has 5 heteroatoms. The Kier molecular flexibility index (Phi) is 7.39. The number of carbonyl (C=O) groups excluding carboxylic acids is 1. The van der Waals surface area contributed by atoms with Crippen LogP contribution in [0.3, 0.4) is 0 Å². The van der Waals surface area contributed by atoms with Gasteiger partial charge in [0.1, 0.15) is 0 Å². The zero-order valence-corrected chi connectivity index (χ0v) is 12.8. The summed E-state index contributed by atoms with van der Waals surface area (Å²) in [6.45, 7) is 0.0996. The molecule has 100 valence electrons. The van der Waals surface area contributed by atoms with Crippen molar-refractivity contribution in [3.05, 3.63) is 34.3 Å². The van der Waals surface area contributed by atoms with Gasteiger partial charge >= 0.3 is 0 Å². The summed E-state index contributed by atoms with van der Waals surface area (Å²) in [6.07, 6.45) is 2.96. The second-order valence-electron chi connectivity index (χ2n) is 4.04. The fraction of sp³-hybridized carbons (Fsp3) is 0.462. The van der Waals surface area contributed by atoms with Gasteiger partial charge in [0.15, 0.2) is 0 Å². The number of nitrogens with one attached hydrogen (secondary N) is 1. The lowest BCUT2D eigenvalue weighted by atomic mass is 10.1. The smallest absolute Gasteiger partial charge is 0.224 e. The predicted molar refractivity (Wildman–Crippen MR) is 79.9 cm³/mol. The van der Waals surface area contributed by atoms with Crippen LogP contribution in [0.25, 0.3) is 0 Å². The Bertz CT molecular complexity index is 381. The lowest BCUT2D eigenvalue weighted by Crippen LogP contribution is -2.38. The quantitative estimate of drug-likeness (QED) is 0.805. The van der Waals surface area contributed by atoms with E-state index in [1.807, 2.05) is 30.5 Å². The van der Waals surface area contributed by atoms with Gasteiger partial charge in [0.05, 0.1) is 6.42 Å². The van der Waals surface area contributed by atoms with E-state index in [9.17, 15) is 4.79 Å². The Morgan fingerprint density at radius 3 is 2.94 bits per heavy atom. The van der Waals surface area contributed by atoms with Gasteiger partial charge in [0.25, 0.3) is 0 Å². The molecule has 1 aromatic rings. The summed E-state index contributed by atoms with van der Waals surface area (Å²) in [5.41, 5.74) is 0.980. The van der Waals surface area contributed by atoms with E-state index in [2.05, 4.69) is 21.2 Å². The third-order valence-electron chi connectivity index (χ3n) is 2.46. The second kappa shape index (κ2) is 8.56. The Labute approximate surface area is 120 Å². The molecule has 2 N–H and O–H groups in total. The van der Waals surface area contributed by atoms with Crippen molar-refractivity contribution < 1.29 is 9.90 Å². The number of benzene rings is 1. The first-order valence-electron chi connectivity index (χ1n) is 5.79. The normalized spacial score (nSPS) is 12.2. The first-order chi connectivity index (χ1) is 8.65. The predicted octanol–water partition coefficient (Wildman–Crippen LogP) is 2.22. The van der Waals surface area contributed by atoms with Crippen LogP contribution in [0.2, 0.25) is 0 Å². The Hall–Kier alpha value is -0.520. The topological polar surface area (TPSA) is 49.3 Å². The van der Waals surface area contributed by atoms with Gasteiger partial charge in [0.2, 0.25) is 5.91 Å². The molecular weight excluding hydrogens is 314 g/mol. The number of hydrogen-bond acceptors (Lipinski definition) is 3. The van der Waals surface area contributed by atoms with Crippen LogP contribution in [0, 0.1) is 0 Å². The molecule has 0 saturated carbocycles. The van der Waals surface area contributed by atoms with E-state index in [-0.39, 0.29) is 18.6 Å². The summed E-state index contributed by atoms with van der Waals surface area (Å²) < 4.78 is 0.976. The molecule has 0 spiro atoms. The van der Waals surface area contributed by atoms with Crippen molar-refractivity contribution in [2.24, 2.45) is 0 Å². The highest BCUT2D eigenvalue weighted by atomic mass is 79.9. The van der Waals surface area contributed by atoms with Crippen molar-refractivity contribution in [3.63, 3.8) is 0 Å². The van der Waals surface area contributed by atoms with Crippen LogP contribution < -0.4 is 5.32 Å². The van der Waals surface area contributed by atoms with E-state index in [0.717, 1.165) is 15.8 Å². The molecule has 0 aromatic heterocycles. The zero-order chi connectivity index (χ0) is 13.4. The Morgan fingerprint density at radius 2 is 2.33 bits per heavy atom. The number of carbonyl (C=O) groups is 1. The van der Waals surface area contributed by atoms with E-state index in [1.165, 1.54) is 0 Å². The summed E-state index contributed by atoms with van der Waals surface area (Å²) in [5, 5.41) is 11.9. The van der Waals surface area contributed by atoms with E-state index < -0.39 is 0 Å². The molecule has 0 heterocycles. The van der Waals surface area contributed by atoms with Crippen molar-refractivity contribution in [2.75, 3.05) is 18.6 Å². The molecule has 18 heavy (non-hydrogen) atoms. The molecule has 3 nitrogen and oxygen atoms in total. The summed E-state index contributed by atoms with van der Waals surface area (Å²) in [4.78, 5) is 11.9. The minimum absolute atomic E-state index is 0.000556. The molecule has 1 aromatic carbocycles. The highest BCUT2D eigenvalue weighted by Crippen LogP contribution is 2.12. The zero-order valence-electron chi connectivity index (χ0n) is 10.4. The number of rotatable bonds is 7. The maximum atomic E-state index is 11.9. The van der Waals surface area contributed by atoms with Crippen LogP contribution >= 0.6 is 27.7 Å². The monoisotopic (exact) mass is 331 g/mol. The molecule has 1 rings (SSSR count). The highest BCUT2D eigenvalue weighted by Gasteiger charge is 2.11. The molecule has 0 radical (unpaired) electrons. The average molecular weight is 332 g/mol. The first kappa shape index (κ1) is 15.5. The number of amides is 1. The fourth-order valence-electron chi connectivity index (χ4n) is 1.67. The third kappa shape index (κ3) is 5.89. The van der Waals surface area contributed by atoms with Crippen molar-refractivity contribution in [1.82, 2.24) is 5.32 Å². The van der Waals surface area contributed by atoms with Gasteiger partial charge in [-0.05, 0) is 30.4 Å². The summed E-state index contributed by atoms with van der Waals surface area (Å²) in [7, 11) is 0. The third-order valence-corrected chi connectivity index (χ3v) is 3.69. The molecule has 1 atom stereocenters. The van der Waals surface area contributed by atoms with Crippen LogP contribution in [0.1, 0.15) is 12.0 Å². The molecule has 0 fully saturated rings. The molecular formula is C13H18BrNO2S. The molecule has 0 saturated heterocycles. The maximum Gasteiger partial charge on any atom is 0.224 e. The summed E-state index contributed by atoms with van der Waals surface area (Å²) in [5.74, 6) is 0.825. The van der Waals surface area contributed by atoms with Gasteiger partial charge in [-0.15, -0.1) is 0 Å². The standard InChI is InChI=1S/C13H18BrNO2S/c1-18-9-12(5-6-16)15-13(17)8-10-3-2-4-11(14)7-10/h2-4,7,12,16H,5-6,8-9H2,1H3,(H,15,17). The van der Waals surface area contributed by atoms with Crippen molar-refractivity contribution in [3.8, 4) is 0 Å². The van der Waals surface area contributed by atoms with Crippen molar-refractivity contribution in [1.29, 1.82) is 0 Å². The Balaban J connectivity index is 2.49. The van der Waals surface area contributed by atoms with Crippen LogP contribution in [-0.4, -0.2) is 35.7 Å². The SMILES string of the molecule is CSCC(CCO)NC(=O)Cc1cccc(Br)c1. The largest absolute Gasteiger partial charge is 0.396 e. The van der Waals surface area contributed by atoms with Gasteiger partial charge in [-0.1, -0.05) is 28.1 Å². The number of aliphatic hydroxyl groups excluding tert-OH is 1. The molecule has 0 bridgehead atoms. The molecule has 1 unspecified atom stereocenters. The number of thioether (sulfide) groups is 1. The maximum absolute atomic E-state index is 11.9. The number of halogens is 1. The van der Waals surface area contributed by atoms with Crippen LogP contribution in [0.4, 0.5) is 0 Å². The van der Waals surface area contributed by atoms with Crippen molar-refractivity contribution in [2.45, 2.75) is 18.9 Å². The van der Waals surface area contributed by atoms with Gasteiger partial charge in [0, 0.05) is 22.9 Å². The van der Waals surface area contributed by atoms with Gasteiger partial charge in [-0.25, -0.2) is 0 Å². The van der Waals surface area contributed by atoms with E-state index in [1.54, 1.807) is 11.8 Å². The molecule has 1 amide bonds.